The molecule has 0 rings (SSSR count). The fourth-order valence-electron chi connectivity index (χ4n) is 0.879. The molecule has 0 amide bonds. The molecule has 0 aliphatic heterocycles. The summed E-state index contributed by atoms with van der Waals surface area (Å²) in [5, 5.41) is 0. The van der Waals surface area contributed by atoms with Gasteiger partial charge in [-0.05, 0) is 26.2 Å². The predicted octanol–water partition coefficient (Wildman–Crippen LogP) is 1.37. The number of hydrogen-bond donors (Lipinski definition) is 0. The molecule has 0 aromatic heterocycles. The van der Waals surface area contributed by atoms with Crippen LogP contribution in [-0.4, -0.2) is 36.9 Å². The van der Waals surface area contributed by atoms with Crippen molar-refractivity contribution in [2.24, 2.45) is 0 Å². The van der Waals surface area contributed by atoms with Crippen LogP contribution in [0.2, 0.25) is 26.2 Å². The van der Waals surface area contributed by atoms with Crippen LogP contribution in [0.15, 0.2) is 36.8 Å². The monoisotopic (exact) mass is 485 g/mol. The van der Waals surface area contributed by atoms with Gasteiger partial charge in [-0.1, -0.05) is 17.1 Å². The Morgan fingerprint density at radius 1 is 1.00 bits per heavy atom. The summed E-state index contributed by atoms with van der Waals surface area (Å²) in [7, 11) is -2.51. The maximum Gasteiger partial charge on any atom is 0.198 e. The molecule has 0 aromatic rings. The summed E-state index contributed by atoms with van der Waals surface area (Å²) in [5.41, 5.74) is 5.81. The van der Waals surface area contributed by atoms with Crippen molar-refractivity contribution in [1.82, 2.24) is 0 Å². The molecule has 0 saturated carbocycles. The van der Waals surface area contributed by atoms with Crippen molar-refractivity contribution in [3.8, 4) is 0 Å². The minimum atomic E-state index is -1.58. The third-order valence-corrected chi connectivity index (χ3v) is 9.54. The third kappa shape index (κ3) is 16.7. The summed E-state index contributed by atoms with van der Waals surface area (Å²) in [6.07, 6.45) is 0. The molecule has 0 saturated heterocycles. The molecule has 104 valence electrons. The molecular weight excluding hydrogens is 460 g/mol. The predicted molar refractivity (Wildman–Crippen MR) is 86.2 cm³/mol. The van der Waals surface area contributed by atoms with E-state index in [2.05, 4.69) is 45.9 Å². The van der Waals surface area contributed by atoms with Gasteiger partial charge in [0.2, 0.25) is 0 Å². The van der Waals surface area contributed by atoms with E-state index >= 15 is 0 Å². The van der Waals surface area contributed by atoms with Crippen molar-refractivity contribution in [3.63, 3.8) is 0 Å². The molecule has 0 fully saturated rings. The van der Waals surface area contributed by atoms with E-state index in [0.717, 1.165) is 10.5 Å². The first-order valence-electron chi connectivity index (χ1n) is 5.32. The van der Waals surface area contributed by atoms with Crippen LogP contribution in [0.1, 0.15) is 0 Å². The van der Waals surface area contributed by atoms with E-state index in [1.54, 1.807) is 0 Å². The van der Waals surface area contributed by atoms with Crippen LogP contribution in [0.5, 0.6) is 0 Å². The van der Waals surface area contributed by atoms with Crippen LogP contribution in [0.3, 0.4) is 0 Å². The Hall–Kier alpha value is 0.696. The van der Waals surface area contributed by atoms with Crippen molar-refractivity contribution in [2.45, 2.75) is 26.2 Å². The van der Waals surface area contributed by atoms with Crippen LogP contribution in [0.25, 0.3) is 0 Å². The Morgan fingerprint density at radius 3 is 1.47 bits per heavy atom. The first kappa shape index (κ1) is 22.8. The van der Waals surface area contributed by atoms with Crippen LogP contribution in [-0.2, 0) is 29.3 Å². The second-order valence-corrected chi connectivity index (χ2v) is 15.7. The van der Waals surface area contributed by atoms with Crippen molar-refractivity contribution in [3.05, 3.63) is 36.8 Å². The summed E-state index contributed by atoms with van der Waals surface area (Å²) in [4.78, 5) is 0. The Bertz CT molecular complexity index is 214. The Kier molecular flexibility index (Phi) is 15.8. The van der Waals surface area contributed by atoms with E-state index in [-0.39, 0.29) is 30.8 Å². The van der Waals surface area contributed by atoms with Gasteiger partial charge < -0.3 is 8.23 Å². The van der Waals surface area contributed by atoms with Crippen molar-refractivity contribution in [2.75, 3.05) is 0 Å². The van der Waals surface area contributed by atoms with Crippen molar-refractivity contribution < 1.29 is 29.3 Å². The second kappa shape index (κ2) is 11.8. The van der Waals surface area contributed by atoms with Crippen LogP contribution < -0.4 is 0 Å². The Balaban J connectivity index is -0.000000280. The summed E-state index contributed by atoms with van der Waals surface area (Å²) in [6, 6.07) is 0. The van der Waals surface area contributed by atoms with Gasteiger partial charge in [-0.25, -0.2) is 0 Å². The van der Waals surface area contributed by atoms with Gasteiger partial charge in [0.25, 0.3) is 0 Å². The topological polar surface area (TPSA) is 18.5 Å². The van der Waals surface area contributed by atoms with E-state index in [1.807, 2.05) is 17.1 Å². The normalized spacial score (nSPS) is 11.3. The minimum Gasteiger partial charge on any atom is -0.465 e. The molecule has 0 N–H and O–H groups in total. The molecule has 2 nitrogen and oxygen atoms in total. The molecule has 0 bridgehead atoms. The quantitative estimate of drug-likeness (QED) is 0.529. The Labute approximate surface area is 129 Å². The molecule has 17 heavy (non-hydrogen) atoms. The van der Waals surface area contributed by atoms with Gasteiger partial charge in [-0.3, -0.25) is 0 Å². The fourth-order valence-corrected chi connectivity index (χ4v) is 7.91. The van der Waals surface area contributed by atoms with Gasteiger partial charge in [-0.2, -0.15) is 0 Å². The van der Waals surface area contributed by atoms with E-state index in [4.69, 9.17) is 8.23 Å². The van der Waals surface area contributed by atoms with E-state index in [1.165, 1.54) is 0 Å². The van der Waals surface area contributed by atoms with Gasteiger partial charge in [0.05, 0.1) is 0 Å². The van der Waals surface area contributed by atoms with Crippen LogP contribution >= 0.6 is 0 Å². The number of rotatable bonds is 6. The molecule has 0 atom stereocenters. The summed E-state index contributed by atoms with van der Waals surface area (Å²) >= 11 is 0. The molecule has 7 heteroatoms. The molecule has 0 aliphatic rings. The maximum absolute atomic E-state index is 5.97. The molecule has 0 unspecified atom stereocenters. The zero-order chi connectivity index (χ0) is 13.2. The van der Waals surface area contributed by atoms with E-state index in [0.29, 0.717) is 0 Å². The minimum absolute atomic E-state index is 0. The summed E-state index contributed by atoms with van der Waals surface area (Å²) < 4.78 is 10.8. The zero-order valence-electron chi connectivity index (χ0n) is 11.7. The molecule has 0 aliphatic carbocycles. The molecule has 0 spiro atoms. The molecule has 0 heterocycles. The molecular formula is C10H26O2PtSi4. The first-order valence-corrected chi connectivity index (χ1v) is 13.5. The summed E-state index contributed by atoms with van der Waals surface area (Å²) in [6.45, 7) is 19.7. The molecule has 0 aromatic carbocycles. The largest absolute Gasteiger partial charge is 0.465 e. The van der Waals surface area contributed by atoms with Gasteiger partial charge in [0, 0.05) is 21.1 Å². The second-order valence-electron chi connectivity index (χ2n) is 4.46. The number of hydrogen-bond acceptors (Lipinski definition) is 2. The van der Waals surface area contributed by atoms with Crippen LogP contribution in [0, 0.1) is 0 Å². The smallest absolute Gasteiger partial charge is 0.198 e. The third-order valence-electron chi connectivity index (χ3n) is 1.79. The van der Waals surface area contributed by atoms with Crippen LogP contribution in [0.4, 0.5) is 0 Å². The fraction of sp³-hybridized carbons (Fsp3) is 0.400. The first-order chi connectivity index (χ1) is 7.24. The summed E-state index contributed by atoms with van der Waals surface area (Å²) in [5.74, 6) is 0. The molecule has 0 radical (unpaired) electrons. The van der Waals surface area contributed by atoms with E-state index < -0.39 is 16.6 Å². The van der Waals surface area contributed by atoms with Crippen molar-refractivity contribution >= 4 is 36.9 Å². The SMILES string of the molecule is C=C[SiH2]O[SiH3].C=C[Si](C)(C)O[Si](C)(C)C=C.[Pt]. The maximum atomic E-state index is 5.97. The van der Waals surface area contributed by atoms with Gasteiger partial charge in [0.1, 0.15) is 10.5 Å². The van der Waals surface area contributed by atoms with Gasteiger partial charge in [-0.15, -0.1) is 19.7 Å². The van der Waals surface area contributed by atoms with Gasteiger partial charge >= 0.3 is 0 Å². The van der Waals surface area contributed by atoms with Crippen molar-refractivity contribution in [1.29, 1.82) is 0 Å². The van der Waals surface area contributed by atoms with Gasteiger partial charge in [0.15, 0.2) is 26.4 Å². The standard InChI is InChI=1S/C8H18OSi2.C2H8OSi2.Pt/c1-7-10(3,4)9-11(5,6)8-2;1-2-5-3-4;/h7-8H,1-2H2,3-6H3;2H,1,5H2,4H3;. The zero-order valence-corrected chi connectivity index (χ0v) is 19.4. The van der Waals surface area contributed by atoms with E-state index in [9.17, 15) is 0 Å². The average Bonchev–Trinajstić information content (AvgIpc) is 2.19. The Morgan fingerprint density at radius 2 is 1.35 bits per heavy atom. The average molecular weight is 486 g/mol.